The first-order chi connectivity index (χ1) is 12.6. The monoisotopic (exact) mass is 368 g/mol. The molecule has 1 unspecified atom stereocenters. The van der Waals surface area contributed by atoms with Gasteiger partial charge in [-0.2, -0.15) is 0 Å². The first-order valence-corrected chi connectivity index (χ1v) is 8.44. The van der Waals surface area contributed by atoms with E-state index in [1.165, 1.54) is 6.33 Å². The van der Waals surface area contributed by atoms with Crippen molar-refractivity contribution in [2.75, 3.05) is 19.4 Å². The van der Waals surface area contributed by atoms with E-state index in [-0.39, 0.29) is 6.17 Å². The number of nitrogens with zero attached hydrogens (tertiary/aromatic N) is 4. The van der Waals surface area contributed by atoms with Crippen molar-refractivity contribution < 1.29 is 4.74 Å². The lowest BCUT2D eigenvalue weighted by molar-refractivity contribution is 0.238. The van der Waals surface area contributed by atoms with Crippen molar-refractivity contribution >= 4 is 34.7 Å². The maximum atomic E-state index is 6.14. The second kappa shape index (κ2) is 6.78. The van der Waals surface area contributed by atoms with Crippen molar-refractivity contribution in [2.45, 2.75) is 6.17 Å². The highest BCUT2D eigenvalue weighted by molar-refractivity contribution is 6.30. The second-order valence-corrected chi connectivity index (χ2v) is 6.37. The molecular weight excluding hydrogens is 352 g/mol. The molecule has 2 aromatic carbocycles. The third kappa shape index (κ3) is 3.14. The zero-order chi connectivity index (χ0) is 18.1. The van der Waals surface area contributed by atoms with E-state index in [0.29, 0.717) is 28.6 Å². The molecule has 0 aliphatic carbocycles. The molecule has 3 N–H and O–H groups in total. The molecule has 0 amide bonds. The quantitative estimate of drug-likeness (QED) is 0.736. The normalized spacial score (nSPS) is 16.4. The Labute approximate surface area is 155 Å². The van der Waals surface area contributed by atoms with E-state index >= 15 is 0 Å². The van der Waals surface area contributed by atoms with Crippen LogP contribution in [0.5, 0.6) is 5.75 Å². The molecule has 1 aromatic heterocycles. The molecule has 0 bridgehead atoms. The van der Waals surface area contributed by atoms with Crippen LogP contribution in [-0.2, 0) is 0 Å². The summed E-state index contributed by atoms with van der Waals surface area (Å²) in [5, 5.41) is 3.12. The fraction of sp³-hybridized carbons (Fsp3) is 0.167. The van der Waals surface area contributed by atoms with Crippen LogP contribution in [0.3, 0.4) is 0 Å². The van der Waals surface area contributed by atoms with E-state index in [1.807, 2.05) is 43.4 Å². The first kappa shape index (κ1) is 16.6. The number of halogens is 1. The predicted octanol–water partition coefficient (Wildman–Crippen LogP) is 2.72. The van der Waals surface area contributed by atoms with Crippen LogP contribution in [0.4, 0.5) is 5.82 Å². The van der Waals surface area contributed by atoms with Crippen LogP contribution in [0.25, 0.3) is 22.0 Å². The van der Waals surface area contributed by atoms with Crippen molar-refractivity contribution in [3.63, 3.8) is 0 Å². The average molecular weight is 369 g/mol. The maximum absolute atomic E-state index is 6.14. The van der Waals surface area contributed by atoms with Crippen LogP contribution in [0.2, 0.25) is 5.02 Å². The summed E-state index contributed by atoms with van der Waals surface area (Å²) in [5.74, 6) is 0.990. The summed E-state index contributed by atoms with van der Waals surface area (Å²) in [6.07, 6.45) is 3.02. The van der Waals surface area contributed by atoms with Gasteiger partial charge in [0.2, 0.25) is 0 Å². The smallest absolute Gasteiger partial charge is 0.152 e. The van der Waals surface area contributed by atoms with E-state index in [0.717, 1.165) is 16.6 Å². The fourth-order valence-electron chi connectivity index (χ4n) is 2.91. The standard InChI is InChI=1S/C18H17ClN6O/c1-25-10-23-15(24-25)8-26-14-6-5-13(11-3-2-4-12(19)7-11)17-16(14)18(20)22-9-21-17/h2-7,9-10,15,24H,8H2,1H3,(H2,20,21,22). The summed E-state index contributed by atoms with van der Waals surface area (Å²) >= 11 is 6.14. The average Bonchev–Trinajstić information content (AvgIpc) is 3.05. The number of hydrazine groups is 1. The van der Waals surface area contributed by atoms with Crippen LogP contribution < -0.4 is 15.9 Å². The van der Waals surface area contributed by atoms with Crippen molar-refractivity contribution in [3.8, 4) is 16.9 Å². The van der Waals surface area contributed by atoms with E-state index in [9.17, 15) is 0 Å². The number of ether oxygens (including phenoxy) is 1. The molecule has 0 radical (unpaired) electrons. The van der Waals surface area contributed by atoms with Crippen molar-refractivity contribution in [3.05, 3.63) is 47.7 Å². The number of aliphatic imine (C=N–C) groups is 1. The number of hydrogen-bond donors (Lipinski definition) is 2. The maximum Gasteiger partial charge on any atom is 0.152 e. The van der Waals surface area contributed by atoms with Crippen molar-refractivity contribution in [1.82, 2.24) is 20.4 Å². The van der Waals surface area contributed by atoms with Gasteiger partial charge in [0.05, 0.1) is 10.9 Å². The highest BCUT2D eigenvalue weighted by Crippen LogP contribution is 2.36. The Bertz CT molecular complexity index is 993. The Hall–Kier alpha value is -2.90. The van der Waals surface area contributed by atoms with Crippen molar-refractivity contribution in [2.24, 2.45) is 4.99 Å². The zero-order valence-corrected chi connectivity index (χ0v) is 14.8. The molecule has 4 rings (SSSR count). The molecule has 1 aliphatic heterocycles. The lowest BCUT2D eigenvalue weighted by atomic mass is 10.0. The first-order valence-electron chi connectivity index (χ1n) is 8.06. The van der Waals surface area contributed by atoms with Gasteiger partial charge in [-0.3, -0.25) is 10.0 Å². The Morgan fingerprint density at radius 1 is 1.27 bits per heavy atom. The molecule has 3 aromatic rings. The highest BCUT2D eigenvalue weighted by atomic mass is 35.5. The van der Waals surface area contributed by atoms with Gasteiger partial charge < -0.3 is 10.5 Å². The van der Waals surface area contributed by atoms with Gasteiger partial charge in [0.25, 0.3) is 0 Å². The summed E-state index contributed by atoms with van der Waals surface area (Å²) < 4.78 is 5.96. The van der Waals surface area contributed by atoms with E-state index in [1.54, 1.807) is 11.3 Å². The molecule has 0 saturated carbocycles. The number of nitrogens with one attached hydrogen (secondary N) is 1. The van der Waals surface area contributed by atoms with E-state index in [4.69, 9.17) is 22.1 Å². The van der Waals surface area contributed by atoms with Gasteiger partial charge in [-0.25, -0.2) is 15.4 Å². The van der Waals surface area contributed by atoms with Gasteiger partial charge in [-0.1, -0.05) is 23.7 Å². The Morgan fingerprint density at radius 3 is 2.92 bits per heavy atom. The van der Waals surface area contributed by atoms with Crippen LogP contribution in [0.15, 0.2) is 47.7 Å². The summed E-state index contributed by atoms with van der Waals surface area (Å²) in [7, 11) is 1.88. The molecule has 0 saturated heterocycles. The van der Waals surface area contributed by atoms with Crippen LogP contribution in [0.1, 0.15) is 0 Å². The number of anilines is 1. The van der Waals surface area contributed by atoms with E-state index in [2.05, 4.69) is 20.4 Å². The molecule has 1 atom stereocenters. The number of fused-ring (bicyclic) bond motifs is 1. The number of nitrogens with two attached hydrogens (primary N) is 1. The van der Waals surface area contributed by atoms with Crippen LogP contribution in [0, 0.1) is 0 Å². The molecule has 26 heavy (non-hydrogen) atoms. The van der Waals surface area contributed by atoms with Crippen LogP contribution >= 0.6 is 11.6 Å². The molecule has 0 spiro atoms. The minimum absolute atomic E-state index is 0.145. The van der Waals surface area contributed by atoms with Gasteiger partial charge in [0.1, 0.15) is 30.8 Å². The lowest BCUT2D eigenvalue weighted by Crippen LogP contribution is -2.37. The van der Waals surface area contributed by atoms with Crippen molar-refractivity contribution in [1.29, 1.82) is 0 Å². The molecule has 1 aliphatic rings. The number of nitrogen functional groups attached to an aromatic ring is 1. The minimum atomic E-state index is -0.145. The molecule has 132 valence electrons. The SMILES string of the molecule is CN1C=NC(COc2ccc(-c3cccc(Cl)c3)c3ncnc(N)c23)N1. The van der Waals surface area contributed by atoms with Gasteiger partial charge in [-0.05, 0) is 29.8 Å². The molecule has 0 fully saturated rings. The summed E-state index contributed by atoms with van der Waals surface area (Å²) in [4.78, 5) is 12.8. The van der Waals surface area contributed by atoms with Gasteiger partial charge in [0.15, 0.2) is 6.17 Å². The molecule has 8 heteroatoms. The lowest BCUT2D eigenvalue weighted by Gasteiger charge is -2.16. The van der Waals surface area contributed by atoms with E-state index < -0.39 is 0 Å². The number of aromatic nitrogens is 2. The van der Waals surface area contributed by atoms with Gasteiger partial charge in [-0.15, -0.1) is 0 Å². The largest absolute Gasteiger partial charge is 0.489 e. The minimum Gasteiger partial charge on any atom is -0.489 e. The van der Waals surface area contributed by atoms with Gasteiger partial charge >= 0.3 is 0 Å². The summed E-state index contributed by atoms with van der Waals surface area (Å²) in [6, 6.07) is 11.4. The van der Waals surface area contributed by atoms with Gasteiger partial charge in [0, 0.05) is 17.6 Å². The third-order valence-corrected chi connectivity index (χ3v) is 4.32. The molecule has 7 nitrogen and oxygen atoms in total. The Kier molecular flexibility index (Phi) is 4.32. The number of benzene rings is 2. The zero-order valence-electron chi connectivity index (χ0n) is 14.1. The predicted molar refractivity (Wildman–Crippen MR) is 103 cm³/mol. The Balaban J connectivity index is 1.74. The highest BCUT2D eigenvalue weighted by Gasteiger charge is 2.17. The summed E-state index contributed by atoms with van der Waals surface area (Å²) in [6.45, 7) is 0.362. The molecule has 2 heterocycles. The topological polar surface area (TPSA) is 88.7 Å². The summed E-state index contributed by atoms with van der Waals surface area (Å²) in [5.41, 5.74) is 11.9. The number of hydrogen-bond acceptors (Lipinski definition) is 7. The second-order valence-electron chi connectivity index (χ2n) is 5.94. The third-order valence-electron chi connectivity index (χ3n) is 4.08. The fourth-order valence-corrected chi connectivity index (χ4v) is 3.10. The molecular formula is C18H17ClN6O. The Morgan fingerprint density at radius 2 is 2.15 bits per heavy atom. The number of rotatable bonds is 4. The van der Waals surface area contributed by atoms with Crippen LogP contribution in [-0.4, -0.2) is 41.1 Å².